The molecule has 1 N–H and O–H groups in total. The van der Waals surface area contributed by atoms with Crippen LogP contribution in [0.4, 0.5) is 5.69 Å². The number of carbonyl (C=O) groups is 1. The van der Waals surface area contributed by atoms with Crippen LogP contribution in [0.3, 0.4) is 0 Å². The summed E-state index contributed by atoms with van der Waals surface area (Å²) in [7, 11) is -3.92. The highest BCUT2D eigenvalue weighted by Gasteiger charge is 2.30. The molecule has 0 spiro atoms. The number of rotatable bonds is 9. The summed E-state index contributed by atoms with van der Waals surface area (Å²) in [5, 5.41) is 8.94. The first kappa shape index (κ1) is 23.4. The average molecular weight is 458 g/mol. The van der Waals surface area contributed by atoms with Gasteiger partial charge in [-0.3, -0.25) is 4.31 Å². The fourth-order valence-corrected chi connectivity index (χ4v) is 4.74. The van der Waals surface area contributed by atoms with Crippen LogP contribution >= 0.6 is 0 Å². The van der Waals surface area contributed by atoms with Gasteiger partial charge in [0.25, 0.3) is 10.0 Å². The molecule has 7 nitrogen and oxygen atoms in total. The molecule has 0 amide bonds. The second-order valence-corrected chi connectivity index (χ2v) is 9.43. The number of hydrogen-bond acceptors (Lipinski definition) is 5. The molecule has 0 fully saturated rings. The van der Waals surface area contributed by atoms with Crippen molar-refractivity contribution in [3.63, 3.8) is 0 Å². The minimum atomic E-state index is -3.92. The van der Waals surface area contributed by atoms with E-state index in [-0.39, 0.29) is 23.8 Å². The summed E-state index contributed by atoms with van der Waals surface area (Å²) in [4.78, 5) is 11.1. The van der Waals surface area contributed by atoms with Crippen LogP contribution in [0.25, 0.3) is 0 Å². The zero-order valence-corrected chi connectivity index (χ0v) is 19.4. The Morgan fingerprint density at radius 3 is 2.25 bits per heavy atom. The predicted molar refractivity (Wildman–Crippen MR) is 122 cm³/mol. The van der Waals surface area contributed by atoms with E-state index in [1.54, 1.807) is 31.2 Å². The lowest BCUT2D eigenvalue weighted by Gasteiger charge is -2.26. The number of anilines is 1. The number of carboxylic acids is 1. The van der Waals surface area contributed by atoms with Crippen molar-refractivity contribution in [3.8, 4) is 5.75 Å². The zero-order valence-electron chi connectivity index (χ0n) is 18.6. The first-order chi connectivity index (χ1) is 15.1. The Kier molecular flexibility index (Phi) is 6.93. The number of aryl methyl sites for hydroxylation is 3. The quantitative estimate of drug-likeness (QED) is 0.481. The Morgan fingerprint density at radius 2 is 1.69 bits per heavy atom. The minimum Gasteiger partial charge on any atom is -0.487 e. The van der Waals surface area contributed by atoms with E-state index >= 15 is 0 Å². The van der Waals surface area contributed by atoms with E-state index in [9.17, 15) is 13.2 Å². The van der Waals surface area contributed by atoms with Crippen LogP contribution in [0.1, 0.15) is 46.2 Å². The lowest BCUT2D eigenvalue weighted by molar-refractivity contribution is 0.0697. The third-order valence-electron chi connectivity index (χ3n) is 5.13. The normalized spacial score (nSPS) is 11.4. The Balaban J connectivity index is 1.98. The van der Waals surface area contributed by atoms with Crippen molar-refractivity contribution in [1.29, 1.82) is 0 Å². The Hall–Kier alpha value is -3.26. The highest BCUT2D eigenvalue weighted by atomic mass is 32.2. The number of ether oxygens (including phenoxy) is 1. The number of sulfonamides is 1. The van der Waals surface area contributed by atoms with E-state index in [1.807, 2.05) is 26.8 Å². The Bertz CT molecular complexity index is 1210. The Morgan fingerprint density at radius 1 is 1.03 bits per heavy atom. The maximum atomic E-state index is 13.4. The maximum Gasteiger partial charge on any atom is 0.335 e. The van der Waals surface area contributed by atoms with Gasteiger partial charge in [0.15, 0.2) is 0 Å². The van der Waals surface area contributed by atoms with Crippen LogP contribution in [0.15, 0.2) is 58.0 Å². The molecule has 3 rings (SSSR count). The first-order valence-corrected chi connectivity index (χ1v) is 11.7. The molecule has 0 aliphatic rings. The smallest absolute Gasteiger partial charge is 0.335 e. The van der Waals surface area contributed by atoms with Crippen LogP contribution in [0.2, 0.25) is 0 Å². The third kappa shape index (κ3) is 4.96. The lowest BCUT2D eigenvalue weighted by atomic mass is 10.1. The van der Waals surface area contributed by atoms with Crippen molar-refractivity contribution in [2.75, 3.05) is 10.8 Å². The van der Waals surface area contributed by atoms with Gasteiger partial charge in [-0.15, -0.1) is 0 Å². The summed E-state index contributed by atoms with van der Waals surface area (Å²) in [6, 6.07) is 13.1. The molecule has 0 unspecified atom stereocenters. The molecule has 1 heterocycles. The van der Waals surface area contributed by atoms with Gasteiger partial charge in [-0.05, 0) is 80.3 Å². The van der Waals surface area contributed by atoms with Crippen molar-refractivity contribution in [1.82, 2.24) is 0 Å². The molecule has 2 aromatic carbocycles. The summed E-state index contributed by atoms with van der Waals surface area (Å²) in [6.45, 7) is 7.87. The molecule has 170 valence electrons. The first-order valence-electron chi connectivity index (χ1n) is 10.3. The number of furan rings is 1. The highest BCUT2D eigenvalue weighted by Crippen LogP contribution is 2.36. The van der Waals surface area contributed by atoms with Crippen LogP contribution < -0.4 is 9.04 Å². The third-order valence-corrected chi connectivity index (χ3v) is 6.81. The van der Waals surface area contributed by atoms with E-state index in [0.717, 1.165) is 16.7 Å². The van der Waals surface area contributed by atoms with Gasteiger partial charge in [0.2, 0.25) is 5.09 Å². The minimum absolute atomic E-state index is 0.114. The second kappa shape index (κ2) is 9.48. The van der Waals surface area contributed by atoms with Crippen molar-refractivity contribution >= 4 is 21.7 Å². The summed E-state index contributed by atoms with van der Waals surface area (Å²) in [5.41, 5.74) is 3.30. The van der Waals surface area contributed by atoms with E-state index in [4.69, 9.17) is 14.3 Å². The van der Waals surface area contributed by atoms with Gasteiger partial charge in [-0.1, -0.05) is 19.1 Å². The summed E-state index contributed by atoms with van der Waals surface area (Å²) >= 11 is 0. The molecule has 0 saturated carbocycles. The Labute approximate surface area is 188 Å². The number of benzene rings is 2. The van der Waals surface area contributed by atoms with Gasteiger partial charge in [0.1, 0.15) is 18.1 Å². The summed E-state index contributed by atoms with van der Waals surface area (Å²) in [5.74, 6) is -0.0559. The van der Waals surface area contributed by atoms with Crippen molar-refractivity contribution < 1.29 is 27.5 Å². The van der Waals surface area contributed by atoms with Crippen LogP contribution in [0.5, 0.6) is 5.75 Å². The molecular formula is C24H27NO6S. The zero-order chi connectivity index (χ0) is 23.5. The fraction of sp³-hybridized carbons (Fsp3) is 0.292. The molecule has 0 saturated heterocycles. The van der Waals surface area contributed by atoms with Crippen LogP contribution in [-0.2, 0) is 16.6 Å². The van der Waals surface area contributed by atoms with Gasteiger partial charge in [-0.25, -0.2) is 4.79 Å². The van der Waals surface area contributed by atoms with Gasteiger partial charge in [-0.2, -0.15) is 8.42 Å². The number of nitrogens with zero attached hydrogens (tertiary/aromatic N) is 1. The molecule has 0 aliphatic carbocycles. The highest BCUT2D eigenvalue weighted by molar-refractivity contribution is 7.92. The van der Waals surface area contributed by atoms with E-state index in [0.29, 0.717) is 23.6 Å². The predicted octanol–water partition coefficient (Wildman–Crippen LogP) is 5.09. The van der Waals surface area contributed by atoms with Crippen molar-refractivity contribution in [3.05, 3.63) is 76.5 Å². The summed E-state index contributed by atoms with van der Waals surface area (Å²) < 4.78 is 39.6. The van der Waals surface area contributed by atoms with Crippen LogP contribution in [-0.4, -0.2) is 26.0 Å². The van der Waals surface area contributed by atoms with Gasteiger partial charge < -0.3 is 14.3 Å². The van der Waals surface area contributed by atoms with Gasteiger partial charge >= 0.3 is 5.97 Å². The number of hydrogen-bond donors (Lipinski definition) is 1. The molecule has 1 aromatic heterocycles. The average Bonchev–Trinajstić information content (AvgIpc) is 3.20. The molecule has 0 radical (unpaired) electrons. The SMILES string of the molecule is CCCN(c1cc(C)c(C)cc1OCc1ccc(C(=O)O)cc1)S(=O)(=O)c1ccc(C)o1. The molecular weight excluding hydrogens is 430 g/mol. The summed E-state index contributed by atoms with van der Waals surface area (Å²) in [6.07, 6.45) is 0.599. The second-order valence-electron chi connectivity index (χ2n) is 7.64. The molecule has 0 aliphatic heterocycles. The molecule has 3 aromatic rings. The van der Waals surface area contributed by atoms with E-state index < -0.39 is 16.0 Å². The van der Waals surface area contributed by atoms with Crippen LogP contribution in [0, 0.1) is 20.8 Å². The standard InChI is InChI=1S/C24H27NO6S/c1-5-12-25(32(28,29)23-11-6-18(4)31-23)21-13-16(2)17(3)14-22(21)30-15-19-7-9-20(10-8-19)24(26)27/h6-11,13-14H,5,12,15H2,1-4H3,(H,26,27). The molecule has 0 atom stereocenters. The maximum absolute atomic E-state index is 13.4. The number of aromatic carboxylic acids is 1. The number of carboxylic acid groups (broad SMARTS) is 1. The van der Waals surface area contributed by atoms with Crippen molar-refractivity contribution in [2.45, 2.75) is 45.8 Å². The van der Waals surface area contributed by atoms with Gasteiger partial charge in [0.05, 0.1) is 11.3 Å². The molecule has 0 bridgehead atoms. The van der Waals surface area contributed by atoms with Crippen molar-refractivity contribution in [2.24, 2.45) is 0 Å². The largest absolute Gasteiger partial charge is 0.487 e. The lowest BCUT2D eigenvalue weighted by Crippen LogP contribution is -2.32. The molecule has 32 heavy (non-hydrogen) atoms. The van der Waals surface area contributed by atoms with E-state index in [1.165, 1.54) is 22.5 Å². The monoisotopic (exact) mass is 457 g/mol. The molecule has 8 heteroatoms. The fourth-order valence-electron chi connectivity index (χ4n) is 3.22. The van der Waals surface area contributed by atoms with E-state index in [2.05, 4.69) is 0 Å². The van der Waals surface area contributed by atoms with Gasteiger partial charge in [0, 0.05) is 6.54 Å². The topological polar surface area (TPSA) is 97.0 Å².